The van der Waals surface area contributed by atoms with Crippen molar-refractivity contribution in [2.75, 3.05) is 39.2 Å². The standard InChI is InChI=1S/C26H29BClN5O4S/c1-36-23-10-9-18(12-24(23)37-2)38(34,35)32-11-5-6-17(16-32)14-29-25-13-22(19-7-3-4-8-21(19)28)31-26-20(27)15-30-33(25)26/h3-4,7-10,12-13,15,17,29H,5-6,11,14,16,27H2,1-2H3. The second kappa shape index (κ2) is 10.8. The molecular formula is C26H29BClN5O4S. The molecule has 0 saturated carbocycles. The van der Waals surface area contributed by atoms with E-state index in [1.54, 1.807) is 27.2 Å². The molecule has 12 heteroatoms. The summed E-state index contributed by atoms with van der Waals surface area (Å²) >= 11 is 6.46. The number of methoxy groups -OCH3 is 2. The van der Waals surface area contributed by atoms with Crippen LogP contribution >= 0.6 is 11.6 Å². The molecule has 1 saturated heterocycles. The van der Waals surface area contributed by atoms with Crippen molar-refractivity contribution >= 4 is 46.4 Å². The number of anilines is 1. The van der Waals surface area contributed by atoms with Gasteiger partial charge in [0.05, 0.1) is 24.8 Å². The van der Waals surface area contributed by atoms with Crippen LogP contribution in [0.25, 0.3) is 16.9 Å². The molecule has 9 nitrogen and oxygen atoms in total. The highest BCUT2D eigenvalue weighted by Gasteiger charge is 2.31. The lowest BCUT2D eigenvalue weighted by molar-refractivity contribution is 0.275. The molecule has 198 valence electrons. The number of rotatable bonds is 8. The summed E-state index contributed by atoms with van der Waals surface area (Å²) in [6.45, 7) is 1.47. The van der Waals surface area contributed by atoms with Gasteiger partial charge in [0, 0.05) is 48.5 Å². The smallest absolute Gasteiger partial charge is 0.243 e. The summed E-state index contributed by atoms with van der Waals surface area (Å²) in [5.74, 6) is 1.76. The minimum absolute atomic E-state index is 0.113. The van der Waals surface area contributed by atoms with Crippen molar-refractivity contribution in [1.82, 2.24) is 18.9 Å². The molecule has 5 rings (SSSR count). The number of piperidine rings is 1. The van der Waals surface area contributed by atoms with E-state index in [2.05, 4.69) is 10.4 Å². The van der Waals surface area contributed by atoms with Crippen LogP contribution in [0.4, 0.5) is 5.82 Å². The Labute approximate surface area is 228 Å². The quantitative estimate of drug-likeness (QED) is 0.335. The van der Waals surface area contributed by atoms with Gasteiger partial charge >= 0.3 is 0 Å². The number of aromatic nitrogens is 3. The van der Waals surface area contributed by atoms with Crippen LogP contribution in [0.15, 0.2) is 59.6 Å². The molecule has 38 heavy (non-hydrogen) atoms. The average molecular weight is 554 g/mol. The third kappa shape index (κ3) is 5.05. The van der Waals surface area contributed by atoms with Gasteiger partial charge in [0.2, 0.25) is 10.0 Å². The van der Waals surface area contributed by atoms with Crippen LogP contribution in [-0.2, 0) is 10.0 Å². The number of hydrogen-bond acceptors (Lipinski definition) is 7. The molecule has 0 aliphatic carbocycles. The van der Waals surface area contributed by atoms with Crippen molar-refractivity contribution in [3.05, 3.63) is 59.8 Å². The third-order valence-corrected chi connectivity index (χ3v) is 9.04. The van der Waals surface area contributed by atoms with Crippen molar-refractivity contribution in [1.29, 1.82) is 0 Å². The largest absolute Gasteiger partial charge is 0.493 e. The Balaban J connectivity index is 1.36. The average Bonchev–Trinajstić information content (AvgIpc) is 3.32. The Bertz CT molecular complexity index is 1580. The molecule has 1 aliphatic heterocycles. The van der Waals surface area contributed by atoms with Crippen molar-refractivity contribution in [2.45, 2.75) is 17.7 Å². The number of benzene rings is 2. The maximum absolute atomic E-state index is 13.5. The minimum atomic E-state index is -3.69. The molecule has 2 aromatic carbocycles. The fourth-order valence-corrected chi connectivity index (χ4v) is 6.60. The number of fused-ring (bicyclic) bond motifs is 1. The van der Waals surface area contributed by atoms with Crippen LogP contribution in [0.2, 0.25) is 5.02 Å². The zero-order valence-corrected chi connectivity index (χ0v) is 23.1. The molecule has 0 bridgehead atoms. The maximum atomic E-state index is 13.5. The van der Waals surface area contributed by atoms with Crippen LogP contribution in [0, 0.1) is 5.92 Å². The van der Waals surface area contributed by atoms with E-state index in [4.69, 9.17) is 26.1 Å². The highest BCUT2D eigenvalue weighted by molar-refractivity contribution is 7.89. The summed E-state index contributed by atoms with van der Waals surface area (Å²) in [6.07, 6.45) is 3.47. The van der Waals surface area contributed by atoms with E-state index in [1.807, 2.05) is 38.2 Å². The number of halogens is 1. The predicted molar refractivity (Wildman–Crippen MR) is 151 cm³/mol. The monoisotopic (exact) mass is 553 g/mol. The van der Waals surface area contributed by atoms with Gasteiger partial charge in [-0.15, -0.1) is 0 Å². The van der Waals surface area contributed by atoms with Crippen LogP contribution in [-0.4, -0.2) is 69.0 Å². The first kappa shape index (κ1) is 26.3. The lowest BCUT2D eigenvalue weighted by Crippen LogP contribution is -2.41. The zero-order chi connectivity index (χ0) is 26.9. The summed E-state index contributed by atoms with van der Waals surface area (Å²) in [5.41, 5.74) is 3.28. The molecule has 2 aromatic heterocycles. The summed E-state index contributed by atoms with van der Waals surface area (Å²) in [5, 5.41) is 8.62. The van der Waals surface area contributed by atoms with E-state index in [1.165, 1.54) is 20.3 Å². The molecule has 1 fully saturated rings. The van der Waals surface area contributed by atoms with E-state index in [9.17, 15) is 8.42 Å². The van der Waals surface area contributed by atoms with Crippen LogP contribution < -0.4 is 20.3 Å². The molecule has 0 spiro atoms. The van der Waals surface area contributed by atoms with E-state index < -0.39 is 10.0 Å². The number of nitrogens with zero attached hydrogens (tertiary/aromatic N) is 4. The van der Waals surface area contributed by atoms with Gasteiger partial charge in [-0.3, -0.25) is 0 Å². The Morgan fingerprint density at radius 1 is 1.13 bits per heavy atom. The molecule has 0 amide bonds. The fourth-order valence-electron chi connectivity index (χ4n) is 4.79. The lowest BCUT2D eigenvalue weighted by Gasteiger charge is -2.32. The van der Waals surface area contributed by atoms with E-state index in [-0.39, 0.29) is 10.8 Å². The summed E-state index contributed by atoms with van der Waals surface area (Å²) in [7, 11) is 1.29. The molecule has 0 radical (unpaired) electrons. The number of hydrogen-bond donors (Lipinski definition) is 1. The highest BCUT2D eigenvalue weighted by Crippen LogP contribution is 2.32. The molecule has 1 atom stereocenters. The first-order valence-electron chi connectivity index (χ1n) is 12.4. The second-order valence-electron chi connectivity index (χ2n) is 9.34. The molecule has 1 aliphatic rings. The van der Waals surface area contributed by atoms with Gasteiger partial charge in [0.15, 0.2) is 17.1 Å². The number of sulfonamides is 1. The first-order valence-corrected chi connectivity index (χ1v) is 14.2. The van der Waals surface area contributed by atoms with E-state index >= 15 is 0 Å². The molecule has 1 unspecified atom stereocenters. The zero-order valence-electron chi connectivity index (χ0n) is 21.5. The normalized spacial score (nSPS) is 16.4. The van der Waals surface area contributed by atoms with E-state index in [0.717, 1.165) is 41.0 Å². The Morgan fingerprint density at radius 3 is 2.68 bits per heavy atom. The number of nitrogens with one attached hydrogen (secondary N) is 1. The van der Waals surface area contributed by atoms with E-state index in [0.29, 0.717) is 36.2 Å². The van der Waals surface area contributed by atoms with Gasteiger partial charge < -0.3 is 14.8 Å². The Morgan fingerprint density at radius 2 is 1.92 bits per heavy atom. The maximum Gasteiger partial charge on any atom is 0.243 e. The number of ether oxygens (including phenoxy) is 2. The minimum Gasteiger partial charge on any atom is -0.493 e. The van der Waals surface area contributed by atoms with Crippen molar-refractivity contribution in [3.8, 4) is 22.8 Å². The summed E-state index contributed by atoms with van der Waals surface area (Å²) in [4.78, 5) is 4.99. The van der Waals surface area contributed by atoms with Crippen molar-refractivity contribution in [3.63, 3.8) is 0 Å². The van der Waals surface area contributed by atoms with Gasteiger partial charge in [0.1, 0.15) is 13.7 Å². The Hall–Kier alpha value is -3.28. The first-order chi connectivity index (χ1) is 18.3. The SMILES string of the molecule is Bc1cnn2c(NCC3CCCN(S(=O)(=O)c4ccc(OC)c(OC)c4)C3)cc(-c3ccccc3Cl)nc12. The van der Waals surface area contributed by atoms with Gasteiger partial charge in [0.25, 0.3) is 0 Å². The molecule has 1 N–H and O–H groups in total. The summed E-state index contributed by atoms with van der Waals surface area (Å²) in [6, 6.07) is 14.2. The lowest BCUT2D eigenvalue weighted by atomic mass is 9.99. The van der Waals surface area contributed by atoms with Crippen molar-refractivity contribution < 1.29 is 17.9 Å². The molecular weight excluding hydrogens is 525 g/mol. The predicted octanol–water partition coefficient (Wildman–Crippen LogP) is 2.84. The van der Waals surface area contributed by atoms with Crippen molar-refractivity contribution in [2.24, 2.45) is 5.92 Å². The fraction of sp³-hybridized carbons (Fsp3) is 0.308. The summed E-state index contributed by atoms with van der Waals surface area (Å²) < 4.78 is 40.8. The Kier molecular flexibility index (Phi) is 7.51. The van der Waals surface area contributed by atoms with Crippen LogP contribution in [0.5, 0.6) is 11.5 Å². The highest BCUT2D eigenvalue weighted by atomic mass is 35.5. The van der Waals surface area contributed by atoms with Crippen LogP contribution in [0.1, 0.15) is 12.8 Å². The van der Waals surface area contributed by atoms with Gasteiger partial charge in [-0.05, 0) is 42.4 Å². The van der Waals surface area contributed by atoms with Gasteiger partial charge in [-0.1, -0.05) is 29.8 Å². The topological polar surface area (TPSA) is 98.1 Å². The van der Waals surface area contributed by atoms with Gasteiger partial charge in [-0.2, -0.15) is 13.9 Å². The second-order valence-corrected chi connectivity index (χ2v) is 11.7. The third-order valence-electron chi connectivity index (χ3n) is 6.84. The molecule has 3 heterocycles. The van der Waals surface area contributed by atoms with Crippen LogP contribution in [0.3, 0.4) is 0 Å². The molecule has 4 aromatic rings. The van der Waals surface area contributed by atoms with Gasteiger partial charge in [-0.25, -0.2) is 13.4 Å².